The van der Waals surface area contributed by atoms with Crippen LogP contribution >= 0.6 is 0 Å². The Morgan fingerprint density at radius 1 is 1.29 bits per heavy atom. The number of benzene rings is 1. The normalized spacial score (nSPS) is 15.4. The number of nitrogens with zero attached hydrogens (tertiary/aromatic N) is 1. The van der Waals surface area contributed by atoms with Crippen LogP contribution in [0.2, 0.25) is 0 Å². The summed E-state index contributed by atoms with van der Waals surface area (Å²) in [5.74, 6) is 0.564. The summed E-state index contributed by atoms with van der Waals surface area (Å²) in [5.41, 5.74) is 0. The Morgan fingerprint density at radius 2 is 1.95 bits per heavy atom. The van der Waals surface area contributed by atoms with Gasteiger partial charge in [0.25, 0.3) is 0 Å². The average Bonchev–Trinajstić information content (AvgIpc) is 3.30. The van der Waals surface area contributed by atoms with E-state index in [4.69, 9.17) is 9.84 Å². The summed E-state index contributed by atoms with van der Waals surface area (Å²) in [6.07, 6.45) is 3.78. The lowest BCUT2D eigenvalue weighted by Crippen LogP contribution is -2.34. The van der Waals surface area contributed by atoms with Gasteiger partial charge in [-0.1, -0.05) is 13.3 Å². The lowest BCUT2D eigenvalue weighted by atomic mass is 10.3. The van der Waals surface area contributed by atoms with Crippen LogP contribution < -0.4 is 4.74 Å². The third-order valence-corrected chi connectivity index (χ3v) is 5.44. The van der Waals surface area contributed by atoms with Gasteiger partial charge in [0.05, 0.1) is 11.5 Å². The molecule has 5 nitrogen and oxygen atoms in total. The molecule has 0 atom stereocenters. The summed E-state index contributed by atoms with van der Waals surface area (Å²) < 4.78 is 32.3. The lowest BCUT2D eigenvalue weighted by Gasteiger charge is -2.21. The highest BCUT2D eigenvalue weighted by Gasteiger charge is 2.37. The highest BCUT2D eigenvalue weighted by atomic mass is 32.2. The molecule has 118 valence electrons. The van der Waals surface area contributed by atoms with Gasteiger partial charge < -0.3 is 9.84 Å². The molecule has 0 aromatic heterocycles. The fraction of sp³-hybridized carbons (Fsp3) is 0.600. The van der Waals surface area contributed by atoms with Crippen LogP contribution in [0.4, 0.5) is 0 Å². The Kier molecular flexibility index (Phi) is 5.61. The van der Waals surface area contributed by atoms with Crippen molar-refractivity contribution < 1.29 is 18.3 Å². The predicted molar refractivity (Wildman–Crippen MR) is 80.8 cm³/mol. The van der Waals surface area contributed by atoms with E-state index in [1.54, 1.807) is 28.6 Å². The van der Waals surface area contributed by atoms with Crippen molar-refractivity contribution in [1.82, 2.24) is 4.31 Å². The maximum Gasteiger partial charge on any atom is 0.243 e. The molecule has 1 fully saturated rings. The minimum Gasteiger partial charge on any atom is -0.491 e. The molecule has 0 bridgehead atoms. The molecule has 0 radical (unpaired) electrons. The number of unbranched alkanes of at least 4 members (excludes halogenated alkanes) is 1. The van der Waals surface area contributed by atoms with Crippen molar-refractivity contribution in [3.63, 3.8) is 0 Å². The SMILES string of the molecule is CCCCN(C1CC1)S(=O)(=O)c1ccc(OCCO)cc1. The van der Waals surface area contributed by atoms with E-state index in [1.165, 1.54) is 0 Å². The maximum absolute atomic E-state index is 12.7. The van der Waals surface area contributed by atoms with E-state index < -0.39 is 10.0 Å². The number of aliphatic hydroxyl groups is 1. The third kappa shape index (κ3) is 4.18. The summed E-state index contributed by atoms with van der Waals surface area (Å²) in [7, 11) is -3.42. The predicted octanol–water partition coefficient (Wildman–Crippen LogP) is 2.01. The van der Waals surface area contributed by atoms with Gasteiger partial charge in [-0.3, -0.25) is 0 Å². The fourth-order valence-corrected chi connectivity index (χ4v) is 3.91. The van der Waals surface area contributed by atoms with E-state index in [1.807, 2.05) is 0 Å². The highest BCUT2D eigenvalue weighted by molar-refractivity contribution is 7.89. The molecule has 0 saturated heterocycles. The van der Waals surface area contributed by atoms with Gasteiger partial charge in [-0.25, -0.2) is 8.42 Å². The molecular formula is C15H23NO4S. The fourth-order valence-electron chi connectivity index (χ4n) is 2.18. The molecule has 0 amide bonds. The lowest BCUT2D eigenvalue weighted by molar-refractivity contribution is 0.201. The number of hydrogen-bond acceptors (Lipinski definition) is 4. The quantitative estimate of drug-likeness (QED) is 0.757. The van der Waals surface area contributed by atoms with Gasteiger partial charge in [-0.2, -0.15) is 4.31 Å². The third-order valence-electron chi connectivity index (χ3n) is 3.48. The summed E-state index contributed by atoms with van der Waals surface area (Å²) in [6, 6.07) is 6.58. The van der Waals surface area contributed by atoms with Crippen LogP contribution in [0.5, 0.6) is 5.75 Å². The number of aliphatic hydroxyl groups excluding tert-OH is 1. The molecule has 0 heterocycles. The summed E-state index contributed by atoms with van der Waals surface area (Å²) in [5, 5.41) is 8.71. The van der Waals surface area contributed by atoms with Crippen molar-refractivity contribution in [2.75, 3.05) is 19.8 Å². The second-order valence-electron chi connectivity index (χ2n) is 5.24. The molecule has 0 aliphatic heterocycles. The molecular weight excluding hydrogens is 290 g/mol. The van der Waals surface area contributed by atoms with Crippen molar-refractivity contribution in [3.8, 4) is 5.75 Å². The first-order valence-electron chi connectivity index (χ1n) is 7.45. The zero-order valence-electron chi connectivity index (χ0n) is 12.4. The van der Waals surface area contributed by atoms with Gasteiger partial charge >= 0.3 is 0 Å². The Balaban J connectivity index is 2.13. The zero-order valence-corrected chi connectivity index (χ0v) is 13.2. The van der Waals surface area contributed by atoms with Gasteiger partial charge in [0.2, 0.25) is 10.0 Å². The number of hydrogen-bond donors (Lipinski definition) is 1. The molecule has 1 aliphatic carbocycles. The molecule has 0 spiro atoms. The van der Waals surface area contributed by atoms with E-state index in [9.17, 15) is 8.42 Å². The van der Waals surface area contributed by atoms with Gasteiger partial charge in [0.1, 0.15) is 12.4 Å². The van der Waals surface area contributed by atoms with Crippen LogP contribution in [-0.4, -0.2) is 43.6 Å². The molecule has 1 aliphatic rings. The Morgan fingerprint density at radius 3 is 2.48 bits per heavy atom. The summed E-state index contributed by atoms with van der Waals surface area (Å²) in [4.78, 5) is 0.307. The van der Waals surface area contributed by atoms with E-state index in [0.29, 0.717) is 17.2 Å². The zero-order chi connectivity index (χ0) is 15.3. The number of rotatable bonds is 9. The maximum atomic E-state index is 12.7. The molecule has 6 heteroatoms. The number of sulfonamides is 1. The Hall–Kier alpha value is -1.11. The first kappa shape index (κ1) is 16.3. The highest BCUT2D eigenvalue weighted by Crippen LogP contribution is 2.32. The molecule has 1 aromatic carbocycles. The molecule has 1 aromatic rings. The molecule has 1 N–H and O–H groups in total. The molecule has 21 heavy (non-hydrogen) atoms. The van der Waals surface area contributed by atoms with Crippen LogP contribution in [-0.2, 0) is 10.0 Å². The van der Waals surface area contributed by atoms with Crippen LogP contribution in [0, 0.1) is 0 Å². The summed E-state index contributed by atoms with van der Waals surface area (Å²) in [6.45, 7) is 2.79. The number of ether oxygens (including phenoxy) is 1. The first-order valence-corrected chi connectivity index (χ1v) is 8.89. The van der Waals surface area contributed by atoms with Crippen LogP contribution in [0.3, 0.4) is 0 Å². The largest absolute Gasteiger partial charge is 0.491 e. The van der Waals surface area contributed by atoms with E-state index in [-0.39, 0.29) is 19.3 Å². The minimum atomic E-state index is -3.42. The molecule has 2 rings (SSSR count). The van der Waals surface area contributed by atoms with Gasteiger partial charge in [0, 0.05) is 12.6 Å². The average molecular weight is 313 g/mol. The molecule has 0 unspecified atom stereocenters. The second kappa shape index (κ2) is 7.24. The van der Waals surface area contributed by atoms with E-state index in [0.717, 1.165) is 25.7 Å². The van der Waals surface area contributed by atoms with Gasteiger partial charge in [-0.05, 0) is 43.5 Å². The van der Waals surface area contributed by atoms with Gasteiger partial charge in [0.15, 0.2) is 0 Å². The molecule has 1 saturated carbocycles. The minimum absolute atomic E-state index is 0.0630. The van der Waals surface area contributed by atoms with Crippen LogP contribution in [0.25, 0.3) is 0 Å². The summed E-state index contributed by atoms with van der Waals surface area (Å²) >= 11 is 0. The van der Waals surface area contributed by atoms with Crippen molar-refractivity contribution in [2.45, 2.75) is 43.5 Å². The van der Waals surface area contributed by atoms with E-state index in [2.05, 4.69) is 6.92 Å². The van der Waals surface area contributed by atoms with Crippen molar-refractivity contribution >= 4 is 10.0 Å². The first-order chi connectivity index (χ1) is 10.1. The van der Waals surface area contributed by atoms with Crippen molar-refractivity contribution in [1.29, 1.82) is 0 Å². The van der Waals surface area contributed by atoms with Crippen molar-refractivity contribution in [2.24, 2.45) is 0 Å². The van der Waals surface area contributed by atoms with Crippen molar-refractivity contribution in [3.05, 3.63) is 24.3 Å². The smallest absolute Gasteiger partial charge is 0.243 e. The standard InChI is InChI=1S/C15H23NO4S/c1-2-3-10-16(13-4-5-13)21(18,19)15-8-6-14(7-9-15)20-12-11-17/h6-9,13,17H,2-5,10-12H2,1H3. The Bertz CT molecular complexity index is 537. The topological polar surface area (TPSA) is 66.8 Å². The van der Waals surface area contributed by atoms with Crippen LogP contribution in [0.1, 0.15) is 32.6 Å². The second-order valence-corrected chi connectivity index (χ2v) is 7.13. The van der Waals surface area contributed by atoms with E-state index >= 15 is 0 Å². The monoisotopic (exact) mass is 313 g/mol. The Labute approximate surface area is 126 Å². The van der Waals surface area contributed by atoms with Crippen LogP contribution in [0.15, 0.2) is 29.2 Å². The van der Waals surface area contributed by atoms with Gasteiger partial charge in [-0.15, -0.1) is 0 Å².